The molecule has 0 saturated heterocycles. The Kier molecular flexibility index (Phi) is 5.93. The zero-order valence-corrected chi connectivity index (χ0v) is 16.2. The summed E-state index contributed by atoms with van der Waals surface area (Å²) in [6.45, 7) is -0.484. The molecule has 31 heavy (non-hydrogen) atoms. The first-order valence-corrected chi connectivity index (χ1v) is 8.87. The number of H-pyrrole nitrogens is 1. The topological polar surface area (TPSA) is 143 Å². The Morgan fingerprint density at radius 1 is 1.06 bits per heavy atom. The number of carboxylic acids is 2. The van der Waals surface area contributed by atoms with Gasteiger partial charge < -0.3 is 25.7 Å². The minimum Gasteiger partial charge on any atom is -0.488 e. The van der Waals surface area contributed by atoms with E-state index >= 15 is 0 Å². The van der Waals surface area contributed by atoms with Gasteiger partial charge in [-0.1, -0.05) is 11.6 Å². The van der Waals surface area contributed by atoms with Crippen molar-refractivity contribution in [2.24, 2.45) is 0 Å². The lowest BCUT2D eigenvalue weighted by Gasteiger charge is -2.17. The van der Waals surface area contributed by atoms with Crippen molar-refractivity contribution in [1.29, 1.82) is 0 Å². The SMILES string of the molecule is Nc1[nH]c(=O)c(C(=O)O)c(-c2cc(Cl)ccc2OCc2cc(F)ccc2F)c1C(=O)O. The van der Waals surface area contributed by atoms with Gasteiger partial charge in [0.15, 0.2) is 0 Å². The molecule has 0 aliphatic carbocycles. The summed E-state index contributed by atoms with van der Waals surface area (Å²) in [6.07, 6.45) is 0. The standard InChI is InChI=1S/C20H13ClF2N2O6/c21-9-1-4-13(31-7-8-5-10(22)2-3-12(8)23)11(6-9)14-15(19(27)28)17(24)25-18(26)16(14)20(29)30/h1-6H,7H2,(H,27,28)(H,29,30)(H3,24,25,26). The number of aromatic amines is 1. The Morgan fingerprint density at radius 2 is 1.74 bits per heavy atom. The summed E-state index contributed by atoms with van der Waals surface area (Å²) in [5, 5.41) is 19.2. The van der Waals surface area contributed by atoms with Crippen LogP contribution in [0.15, 0.2) is 41.2 Å². The number of nitrogens with one attached hydrogen (secondary N) is 1. The van der Waals surface area contributed by atoms with Crippen LogP contribution in [0.2, 0.25) is 5.02 Å². The van der Waals surface area contributed by atoms with Crippen molar-refractivity contribution in [3.63, 3.8) is 0 Å². The van der Waals surface area contributed by atoms with Crippen LogP contribution in [0.25, 0.3) is 11.1 Å². The van der Waals surface area contributed by atoms with Crippen molar-refractivity contribution in [3.05, 3.63) is 80.1 Å². The lowest BCUT2D eigenvalue weighted by molar-refractivity contribution is 0.0695. The van der Waals surface area contributed by atoms with Gasteiger partial charge in [0.1, 0.15) is 40.9 Å². The largest absolute Gasteiger partial charge is 0.488 e. The highest BCUT2D eigenvalue weighted by atomic mass is 35.5. The molecule has 0 fully saturated rings. The van der Waals surface area contributed by atoms with Gasteiger partial charge in [-0.25, -0.2) is 18.4 Å². The Bertz CT molecular complexity index is 1280. The van der Waals surface area contributed by atoms with Crippen LogP contribution in [0.4, 0.5) is 14.6 Å². The minimum absolute atomic E-state index is 0.0609. The van der Waals surface area contributed by atoms with E-state index < -0.39 is 58.2 Å². The maximum Gasteiger partial charge on any atom is 0.342 e. The van der Waals surface area contributed by atoms with E-state index in [1.165, 1.54) is 18.2 Å². The van der Waals surface area contributed by atoms with Crippen molar-refractivity contribution >= 4 is 29.4 Å². The molecule has 1 aromatic heterocycles. The molecule has 1 heterocycles. The van der Waals surface area contributed by atoms with Gasteiger partial charge in [-0.2, -0.15) is 0 Å². The summed E-state index contributed by atoms with van der Waals surface area (Å²) in [5.74, 6) is -5.52. The second-order valence-electron chi connectivity index (χ2n) is 6.27. The molecule has 0 spiro atoms. The van der Waals surface area contributed by atoms with Crippen LogP contribution in [0.3, 0.4) is 0 Å². The normalized spacial score (nSPS) is 10.7. The summed E-state index contributed by atoms with van der Waals surface area (Å²) in [7, 11) is 0. The van der Waals surface area contributed by atoms with Crippen LogP contribution >= 0.6 is 11.6 Å². The molecule has 5 N–H and O–H groups in total. The van der Waals surface area contributed by atoms with E-state index in [0.29, 0.717) is 0 Å². The van der Waals surface area contributed by atoms with E-state index in [1.54, 1.807) is 0 Å². The van der Waals surface area contributed by atoms with E-state index in [-0.39, 0.29) is 21.9 Å². The number of hydrogen-bond donors (Lipinski definition) is 4. The predicted molar refractivity (Wildman–Crippen MR) is 107 cm³/mol. The summed E-state index contributed by atoms with van der Waals surface area (Å²) in [6, 6.07) is 6.51. The first-order chi connectivity index (χ1) is 14.6. The van der Waals surface area contributed by atoms with Crippen molar-refractivity contribution in [2.45, 2.75) is 6.61 Å². The number of rotatable bonds is 6. The Labute approximate surface area is 177 Å². The third kappa shape index (κ3) is 4.33. The number of halogens is 3. The number of hydrogen-bond acceptors (Lipinski definition) is 5. The molecule has 0 aliphatic heterocycles. The molecule has 160 valence electrons. The number of carbonyl (C=O) groups is 2. The minimum atomic E-state index is -1.72. The van der Waals surface area contributed by atoms with Crippen LogP contribution in [0.5, 0.6) is 5.75 Å². The quantitative estimate of drug-likeness (QED) is 0.450. The monoisotopic (exact) mass is 450 g/mol. The lowest BCUT2D eigenvalue weighted by Crippen LogP contribution is -2.24. The molecule has 3 aromatic rings. The highest BCUT2D eigenvalue weighted by Crippen LogP contribution is 2.38. The maximum atomic E-state index is 13.9. The summed E-state index contributed by atoms with van der Waals surface area (Å²) in [5.41, 5.74) is 2.00. The molecule has 11 heteroatoms. The molecular weight excluding hydrogens is 438 g/mol. The van der Waals surface area contributed by atoms with Gasteiger partial charge in [-0.15, -0.1) is 0 Å². The van der Waals surface area contributed by atoms with Gasteiger partial charge in [0.25, 0.3) is 5.56 Å². The first kappa shape index (κ1) is 21.8. The average molecular weight is 451 g/mol. The Morgan fingerprint density at radius 3 is 2.39 bits per heavy atom. The molecule has 0 amide bonds. The number of benzene rings is 2. The average Bonchev–Trinajstić information content (AvgIpc) is 2.68. The lowest BCUT2D eigenvalue weighted by atomic mass is 9.94. The van der Waals surface area contributed by atoms with Gasteiger partial charge in [0.05, 0.1) is 0 Å². The van der Waals surface area contributed by atoms with Crippen molar-refractivity contribution in [1.82, 2.24) is 4.98 Å². The fourth-order valence-electron chi connectivity index (χ4n) is 2.95. The number of nitrogens with two attached hydrogens (primary N) is 1. The first-order valence-electron chi connectivity index (χ1n) is 8.49. The summed E-state index contributed by atoms with van der Waals surface area (Å²) in [4.78, 5) is 37.8. The number of ether oxygens (including phenoxy) is 1. The van der Waals surface area contributed by atoms with Crippen LogP contribution in [-0.4, -0.2) is 27.1 Å². The third-order valence-corrected chi connectivity index (χ3v) is 4.51. The molecule has 0 atom stereocenters. The zero-order chi connectivity index (χ0) is 22.9. The second-order valence-corrected chi connectivity index (χ2v) is 6.70. The van der Waals surface area contributed by atoms with Crippen molar-refractivity contribution in [2.75, 3.05) is 5.73 Å². The maximum absolute atomic E-state index is 13.9. The molecule has 8 nitrogen and oxygen atoms in total. The van der Waals surface area contributed by atoms with Gasteiger partial charge in [0, 0.05) is 21.7 Å². The molecule has 0 saturated carbocycles. The van der Waals surface area contributed by atoms with Crippen LogP contribution in [0.1, 0.15) is 26.3 Å². The highest BCUT2D eigenvalue weighted by Gasteiger charge is 2.28. The molecule has 2 aromatic carbocycles. The van der Waals surface area contributed by atoms with E-state index in [4.69, 9.17) is 22.1 Å². The van der Waals surface area contributed by atoms with Crippen molar-refractivity contribution in [3.8, 4) is 16.9 Å². The molecule has 0 aliphatic rings. The van der Waals surface area contributed by atoms with Gasteiger partial charge in [-0.3, -0.25) is 4.79 Å². The number of carboxylic acid groups (broad SMARTS) is 2. The van der Waals surface area contributed by atoms with Crippen LogP contribution < -0.4 is 16.0 Å². The fraction of sp³-hybridized carbons (Fsp3) is 0.0500. The molecule has 0 radical (unpaired) electrons. The van der Waals surface area contributed by atoms with E-state index in [9.17, 15) is 33.4 Å². The van der Waals surface area contributed by atoms with Crippen LogP contribution in [0, 0.1) is 11.6 Å². The third-order valence-electron chi connectivity index (χ3n) is 4.27. The second kappa shape index (κ2) is 8.44. The van der Waals surface area contributed by atoms with Crippen molar-refractivity contribution < 1.29 is 33.3 Å². The van der Waals surface area contributed by atoms with E-state index in [1.807, 2.05) is 4.98 Å². The number of anilines is 1. The van der Waals surface area contributed by atoms with E-state index in [0.717, 1.165) is 18.2 Å². The summed E-state index contributed by atoms with van der Waals surface area (Å²) >= 11 is 6.00. The van der Waals surface area contributed by atoms with E-state index in [2.05, 4.69) is 0 Å². The van der Waals surface area contributed by atoms with Gasteiger partial charge in [0.2, 0.25) is 0 Å². The molecular formula is C20H13ClF2N2O6. The molecule has 0 unspecified atom stereocenters. The van der Waals surface area contributed by atoms with Crippen LogP contribution in [-0.2, 0) is 6.61 Å². The number of pyridine rings is 1. The van der Waals surface area contributed by atoms with Gasteiger partial charge in [-0.05, 0) is 36.4 Å². The number of aromatic carboxylic acids is 2. The highest BCUT2D eigenvalue weighted by molar-refractivity contribution is 6.31. The molecule has 0 bridgehead atoms. The molecule has 3 rings (SSSR count). The predicted octanol–water partition coefficient (Wildman–Crippen LogP) is 3.53. The fourth-order valence-corrected chi connectivity index (χ4v) is 3.12. The van der Waals surface area contributed by atoms with Gasteiger partial charge >= 0.3 is 11.9 Å². The Balaban J connectivity index is 2.23. The number of nitrogen functional groups attached to an aromatic ring is 1. The smallest absolute Gasteiger partial charge is 0.342 e. The zero-order valence-electron chi connectivity index (χ0n) is 15.4. The Hall–Kier alpha value is -3.92. The number of aromatic nitrogens is 1. The summed E-state index contributed by atoms with van der Waals surface area (Å²) < 4.78 is 32.9.